The number of carboxylic acid groups (broad SMARTS) is 1. The zero-order valence-electron chi connectivity index (χ0n) is 22.2. The number of aliphatic carboxylic acids is 1. The summed E-state index contributed by atoms with van der Waals surface area (Å²) in [5.41, 5.74) is 3.17. The quantitative estimate of drug-likeness (QED) is 0.335. The van der Waals surface area contributed by atoms with Gasteiger partial charge in [-0.25, -0.2) is 19.7 Å². The number of unbranched alkanes of at least 4 members (excludes halogenated alkanes) is 1. The molecule has 9 heteroatoms. The molecule has 0 saturated carbocycles. The van der Waals surface area contributed by atoms with E-state index < -0.39 is 12.0 Å². The van der Waals surface area contributed by atoms with Crippen LogP contribution in [-0.2, 0) is 27.8 Å². The van der Waals surface area contributed by atoms with E-state index in [2.05, 4.69) is 58.4 Å². The highest BCUT2D eigenvalue weighted by molar-refractivity contribution is 5.76. The summed E-state index contributed by atoms with van der Waals surface area (Å²) in [4.78, 5) is 27.6. The number of nitrogens with zero attached hydrogens (tertiary/aromatic N) is 4. The lowest BCUT2D eigenvalue weighted by atomic mass is 9.92. The number of hydrogen-bond donors (Lipinski definition) is 3. The van der Waals surface area contributed by atoms with E-state index in [1.807, 2.05) is 6.07 Å². The monoisotopic (exact) mass is 498 g/mol. The molecular weight excluding hydrogens is 456 g/mol. The van der Waals surface area contributed by atoms with E-state index in [4.69, 9.17) is 9.72 Å². The second-order valence-electron chi connectivity index (χ2n) is 10.5. The molecule has 0 amide bonds. The van der Waals surface area contributed by atoms with Crippen molar-refractivity contribution < 1.29 is 14.6 Å². The van der Waals surface area contributed by atoms with Crippen LogP contribution in [0.2, 0.25) is 0 Å². The average molecular weight is 499 g/mol. The van der Waals surface area contributed by atoms with Gasteiger partial charge in [-0.1, -0.05) is 26.8 Å². The number of carbonyl (C=O) groups is 1. The van der Waals surface area contributed by atoms with E-state index in [0.717, 1.165) is 62.5 Å². The summed E-state index contributed by atoms with van der Waals surface area (Å²) in [5, 5.41) is 16.3. The number of nitrogens with one attached hydrogen (secondary N) is 2. The number of ether oxygens (including phenoxy) is 1. The highest BCUT2D eigenvalue weighted by Gasteiger charge is 2.21. The molecule has 2 aromatic rings. The Balaban J connectivity index is 1.50. The minimum Gasteiger partial charge on any atom is -0.480 e. The molecule has 0 aromatic carbocycles. The molecule has 3 heterocycles. The van der Waals surface area contributed by atoms with Gasteiger partial charge in [0.2, 0.25) is 0 Å². The predicted octanol–water partition coefficient (Wildman–Crippen LogP) is 3.75. The minimum atomic E-state index is -0.885. The SMILES string of the molecule is COCCN(CCCCc1ccc2c(n1)NCCC2)CCC(Nc1cc(C(C)(C)C)ncn1)C(=O)O. The van der Waals surface area contributed by atoms with Crippen LogP contribution in [0, 0.1) is 0 Å². The van der Waals surface area contributed by atoms with Gasteiger partial charge in [0.1, 0.15) is 24.0 Å². The molecule has 1 aliphatic rings. The Hall–Kier alpha value is -2.78. The molecular formula is C27H42N6O3. The fourth-order valence-electron chi connectivity index (χ4n) is 4.30. The molecule has 1 atom stereocenters. The van der Waals surface area contributed by atoms with Gasteiger partial charge in [0.15, 0.2) is 0 Å². The number of fused-ring (bicyclic) bond motifs is 1. The number of methoxy groups -OCH3 is 1. The number of hydrogen-bond acceptors (Lipinski definition) is 8. The molecule has 2 aromatic heterocycles. The fourth-order valence-corrected chi connectivity index (χ4v) is 4.30. The smallest absolute Gasteiger partial charge is 0.326 e. The van der Waals surface area contributed by atoms with Gasteiger partial charge < -0.3 is 25.4 Å². The standard InChI is InChI=1S/C27H42N6O3/c1-27(2,3)23-18-24(30-19-29-23)32-22(26(34)35)12-15-33(16-17-36-4)14-6-5-9-21-11-10-20-8-7-13-28-25(20)31-21/h10-11,18-19,22H,5-9,12-17H2,1-4H3,(H,28,31)(H,34,35)(H,29,30,32). The third-order valence-corrected chi connectivity index (χ3v) is 6.51. The van der Waals surface area contributed by atoms with Crippen LogP contribution in [0.4, 0.5) is 11.6 Å². The molecule has 36 heavy (non-hydrogen) atoms. The van der Waals surface area contributed by atoms with Crippen molar-refractivity contribution in [3.05, 3.63) is 41.5 Å². The first kappa shape index (κ1) is 27.8. The van der Waals surface area contributed by atoms with E-state index in [0.29, 0.717) is 25.4 Å². The van der Waals surface area contributed by atoms with Crippen LogP contribution in [0.15, 0.2) is 24.5 Å². The summed E-state index contributed by atoms with van der Waals surface area (Å²) >= 11 is 0. The summed E-state index contributed by atoms with van der Waals surface area (Å²) in [6.07, 6.45) is 7.21. The van der Waals surface area contributed by atoms with Crippen LogP contribution in [0.5, 0.6) is 0 Å². The second-order valence-corrected chi connectivity index (χ2v) is 10.5. The Morgan fingerprint density at radius 1 is 1.22 bits per heavy atom. The third-order valence-electron chi connectivity index (χ3n) is 6.51. The van der Waals surface area contributed by atoms with Crippen molar-refractivity contribution in [1.29, 1.82) is 0 Å². The van der Waals surface area contributed by atoms with Crippen molar-refractivity contribution in [1.82, 2.24) is 19.9 Å². The molecule has 3 rings (SSSR count). The number of carboxylic acids is 1. The van der Waals surface area contributed by atoms with Gasteiger partial charge in [-0.2, -0.15) is 0 Å². The average Bonchev–Trinajstić information content (AvgIpc) is 2.86. The molecule has 0 fully saturated rings. The van der Waals surface area contributed by atoms with Gasteiger partial charge in [-0.05, 0) is 56.7 Å². The Labute approximate surface area is 215 Å². The Morgan fingerprint density at radius 3 is 2.81 bits per heavy atom. The van der Waals surface area contributed by atoms with Crippen molar-refractivity contribution in [2.45, 2.75) is 70.8 Å². The van der Waals surface area contributed by atoms with Crippen LogP contribution in [-0.4, -0.2) is 76.9 Å². The highest BCUT2D eigenvalue weighted by atomic mass is 16.5. The maximum Gasteiger partial charge on any atom is 0.326 e. The first-order chi connectivity index (χ1) is 17.3. The van der Waals surface area contributed by atoms with Crippen molar-refractivity contribution >= 4 is 17.6 Å². The van der Waals surface area contributed by atoms with Gasteiger partial charge >= 0.3 is 5.97 Å². The molecule has 0 bridgehead atoms. The van der Waals surface area contributed by atoms with E-state index in [1.54, 1.807) is 7.11 Å². The Bertz CT molecular complexity index is 978. The van der Waals surface area contributed by atoms with Crippen LogP contribution in [0.3, 0.4) is 0 Å². The number of aryl methyl sites for hydroxylation is 2. The predicted molar refractivity (Wildman–Crippen MR) is 143 cm³/mol. The van der Waals surface area contributed by atoms with E-state index in [-0.39, 0.29) is 5.41 Å². The largest absolute Gasteiger partial charge is 0.480 e. The van der Waals surface area contributed by atoms with Crippen molar-refractivity contribution in [2.75, 3.05) is 50.5 Å². The van der Waals surface area contributed by atoms with Gasteiger partial charge in [0.05, 0.1) is 12.3 Å². The van der Waals surface area contributed by atoms with Crippen LogP contribution < -0.4 is 10.6 Å². The molecule has 0 aliphatic carbocycles. The Morgan fingerprint density at radius 2 is 2.06 bits per heavy atom. The molecule has 1 unspecified atom stereocenters. The summed E-state index contributed by atoms with van der Waals surface area (Å²) in [6.45, 7) is 10.1. The van der Waals surface area contributed by atoms with Gasteiger partial charge in [-0.3, -0.25) is 0 Å². The molecule has 0 radical (unpaired) electrons. The minimum absolute atomic E-state index is 0.139. The van der Waals surface area contributed by atoms with Crippen LogP contribution in [0.25, 0.3) is 0 Å². The van der Waals surface area contributed by atoms with Crippen molar-refractivity contribution in [3.63, 3.8) is 0 Å². The summed E-state index contributed by atoms with van der Waals surface area (Å²) in [5.74, 6) is 0.702. The summed E-state index contributed by atoms with van der Waals surface area (Å²) < 4.78 is 5.29. The fraction of sp³-hybridized carbons (Fsp3) is 0.630. The number of anilines is 2. The highest BCUT2D eigenvalue weighted by Crippen LogP contribution is 2.22. The topological polar surface area (TPSA) is 113 Å². The van der Waals surface area contributed by atoms with E-state index >= 15 is 0 Å². The van der Waals surface area contributed by atoms with Crippen molar-refractivity contribution in [3.8, 4) is 0 Å². The maximum absolute atomic E-state index is 12.0. The maximum atomic E-state index is 12.0. The third kappa shape index (κ3) is 8.71. The first-order valence-electron chi connectivity index (χ1n) is 13.0. The number of rotatable bonds is 14. The second kappa shape index (κ2) is 13.5. The lowest BCUT2D eigenvalue weighted by molar-refractivity contribution is -0.138. The van der Waals surface area contributed by atoms with Crippen molar-refractivity contribution in [2.24, 2.45) is 0 Å². The molecule has 198 valence electrons. The van der Waals surface area contributed by atoms with Gasteiger partial charge in [0.25, 0.3) is 0 Å². The zero-order valence-corrected chi connectivity index (χ0v) is 22.2. The number of pyridine rings is 1. The van der Waals surface area contributed by atoms with Gasteiger partial charge in [-0.15, -0.1) is 0 Å². The lowest BCUT2D eigenvalue weighted by Crippen LogP contribution is -2.37. The Kier molecular flexibility index (Phi) is 10.4. The zero-order chi connectivity index (χ0) is 26.0. The first-order valence-corrected chi connectivity index (χ1v) is 13.0. The summed E-state index contributed by atoms with van der Waals surface area (Å²) in [6, 6.07) is 5.46. The lowest BCUT2D eigenvalue weighted by Gasteiger charge is -2.24. The molecule has 3 N–H and O–H groups in total. The van der Waals surface area contributed by atoms with Crippen LogP contribution >= 0.6 is 0 Å². The van der Waals surface area contributed by atoms with E-state index in [1.165, 1.54) is 18.3 Å². The van der Waals surface area contributed by atoms with Crippen LogP contribution in [0.1, 0.15) is 63.4 Å². The van der Waals surface area contributed by atoms with E-state index in [9.17, 15) is 9.90 Å². The summed E-state index contributed by atoms with van der Waals surface area (Å²) in [7, 11) is 1.69. The molecule has 1 aliphatic heterocycles. The molecule has 0 spiro atoms. The van der Waals surface area contributed by atoms with Gasteiger partial charge in [0, 0.05) is 43.9 Å². The molecule has 0 saturated heterocycles. The number of aromatic nitrogens is 3. The molecule has 9 nitrogen and oxygen atoms in total. The normalized spacial score (nSPS) is 14.2.